The van der Waals surface area contributed by atoms with Gasteiger partial charge < -0.3 is 9.80 Å². The van der Waals surface area contributed by atoms with Crippen LogP contribution in [0, 0.1) is 0 Å². The summed E-state index contributed by atoms with van der Waals surface area (Å²) < 4.78 is 0. The smallest absolute Gasteiger partial charge is 0.320 e. The van der Waals surface area contributed by atoms with E-state index in [2.05, 4.69) is 53.6 Å². The van der Waals surface area contributed by atoms with Gasteiger partial charge in [0.1, 0.15) is 0 Å². The highest BCUT2D eigenvalue weighted by Gasteiger charge is 2.46. The Balaban J connectivity index is 1.66. The molecule has 1 aromatic rings. The second-order valence-corrected chi connectivity index (χ2v) is 8.40. The Bertz CT molecular complexity index is 634. The van der Waals surface area contributed by atoms with Crippen LogP contribution in [0.2, 0.25) is 0 Å². The summed E-state index contributed by atoms with van der Waals surface area (Å²) in [6.07, 6.45) is 5.49. The number of hydrogen-bond acceptors (Lipinski definition) is 2. The quantitative estimate of drug-likeness (QED) is 0.661. The van der Waals surface area contributed by atoms with Gasteiger partial charge in [0.05, 0.1) is 0 Å². The first-order chi connectivity index (χ1) is 13.0. The van der Waals surface area contributed by atoms with E-state index in [0.29, 0.717) is 6.54 Å². The predicted molar refractivity (Wildman–Crippen MR) is 112 cm³/mol. The number of urea groups is 1. The molecule has 2 aliphatic rings. The van der Waals surface area contributed by atoms with Crippen molar-refractivity contribution in [1.82, 2.24) is 14.7 Å². The molecule has 2 aliphatic heterocycles. The van der Waals surface area contributed by atoms with Gasteiger partial charge >= 0.3 is 6.03 Å². The number of rotatable bonds is 7. The van der Waals surface area contributed by atoms with Gasteiger partial charge in [-0.05, 0) is 38.2 Å². The van der Waals surface area contributed by atoms with E-state index in [1.165, 1.54) is 5.56 Å². The van der Waals surface area contributed by atoms with Crippen molar-refractivity contribution in [3.63, 3.8) is 0 Å². The summed E-state index contributed by atoms with van der Waals surface area (Å²) in [5.74, 6) is 0. The lowest BCUT2D eigenvalue weighted by atomic mass is 9.80. The van der Waals surface area contributed by atoms with Gasteiger partial charge in [-0.2, -0.15) is 0 Å². The zero-order valence-corrected chi connectivity index (χ0v) is 17.1. The number of benzene rings is 1. The Morgan fingerprint density at radius 2 is 1.78 bits per heavy atom. The van der Waals surface area contributed by atoms with E-state index < -0.39 is 0 Å². The first kappa shape index (κ1) is 19.9. The molecule has 0 atom stereocenters. The SMILES string of the molecule is C=C(C)CN1CCC2(CCN(Cc3ccccc3)CC2)N(CCCC)C1=O. The normalized spacial score (nSPS) is 20.3. The second-order valence-electron chi connectivity index (χ2n) is 8.40. The van der Waals surface area contributed by atoms with Crippen LogP contribution in [-0.4, -0.2) is 59.0 Å². The number of piperidine rings is 1. The molecule has 4 heteroatoms. The van der Waals surface area contributed by atoms with Gasteiger partial charge in [-0.3, -0.25) is 4.90 Å². The third-order valence-corrected chi connectivity index (χ3v) is 6.15. The average molecular weight is 370 g/mol. The summed E-state index contributed by atoms with van der Waals surface area (Å²) in [7, 11) is 0. The van der Waals surface area contributed by atoms with Crippen molar-refractivity contribution in [2.24, 2.45) is 0 Å². The number of carbonyl (C=O) groups excluding carboxylic acids is 1. The molecule has 2 amide bonds. The number of unbranched alkanes of at least 4 members (excludes halogenated alkanes) is 1. The van der Waals surface area contributed by atoms with Crippen LogP contribution in [0.5, 0.6) is 0 Å². The Morgan fingerprint density at radius 3 is 2.41 bits per heavy atom. The number of nitrogens with zero attached hydrogens (tertiary/aromatic N) is 3. The standard InChI is InChI=1S/C23H35N3O/c1-4-5-14-26-22(27)25(18-20(2)3)17-13-23(26)11-15-24(16-12-23)19-21-9-7-6-8-10-21/h6-10H,2,4-5,11-19H2,1,3H3. The molecule has 0 radical (unpaired) electrons. The van der Waals surface area contributed by atoms with E-state index in [1.807, 2.05) is 11.8 Å². The second kappa shape index (κ2) is 8.92. The van der Waals surface area contributed by atoms with Gasteiger partial charge in [-0.15, -0.1) is 0 Å². The largest absolute Gasteiger partial charge is 0.321 e. The number of likely N-dealkylation sites (tertiary alicyclic amines) is 1. The van der Waals surface area contributed by atoms with Gasteiger partial charge in [0.15, 0.2) is 0 Å². The summed E-state index contributed by atoms with van der Waals surface area (Å²) in [6.45, 7) is 13.8. The minimum absolute atomic E-state index is 0.0605. The summed E-state index contributed by atoms with van der Waals surface area (Å²) in [5, 5.41) is 0. The summed E-state index contributed by atoms with van der Waals surface area (Å²) in [4.78, 5) is 20.0. The molecular formula is C23H35N3O. The molecule has 0 unspecified atom stereocenters. The molecule has 2 saturated heterocycles. The fraction of sp³-hybridized carbons (Fsp3) is 0.609. The summed E-state index contributed by atoms with van der Waals surface area (Å²) >= 11 is 0. The fourth-order valence-corrected chi connectivity index (χ4v) is 4.56. The zero-order chi connectivity index (χ0) is 19.3. The first-order valence-electron chi connectivity index (χ1n) is 10.5. The van der Waals surface area contributed by atoms with E-state index in [1.54, 1.807) is 0 Å². The molecule has 0 bridgehead atoms. The maximum Gasteiger partial charge on any atom is 0.320 e. The van der Waals surface area contributed by atoms with Gasteiger partial charge in [0, 0.05) is 44.8 Å². The zero-order valence-electron chi connectivity index (χ0n) is 17.1. The summed E-state index contributed by atoms with van der Waals surface area (Å²) in [6, 6.07) is 10.9. The van der Waals surface area contributed by atoms with E-state index in [0.717, 1.165) is 70.4 Å². The predicted octanol–water partition coefficient (Wildman–Crippen LogP) is 4.53. The van der Waals surface area contributed by atoms with Crippen molar-refractivity contribution in [2.75, 3.05) is 32.7 Å². The van der Waals surface area contributed by atoms with Crippen LogP contribution in [0.3, 0.4) is 0 Å². The minimum atomic E-state index is 0.0605. The molecule has 148 valence electrons. The minimum Gasteiger partial charge on any atom is -0.321 e. The maximum atomic E-state index is 13.2. The Labute approximate surface area is 164 Å². The van der Waals surface area contributed by atoms with Crippen molar-refractivity contribution < 1.29 is 4.79 Å². The number of hydrogen-bond donors (Lipinski definition) is 0. The molecular weight excluding hydrogens is 334 g/mol. The number of amides is 2. The van der Waals surface area contributed by atoms with Crippen LogP contribution >= 0.6 is 0 Å². The highest BCUT2D eigenvalue weighted by Crippen LogP contribution is 2.37. The molecule has 1 aromatic carbocycles. The van der Waals surface area contributed by atoms with Crippen LogP contribution in [0.4, 0.5) is 4.79 Å². The molecule has 27 heavy (non-hydrogen) atoms. The van der Waals surface area contributed by atoms with Crippen LogP contribution in [0.1, 0.15) is 51.5 Å². The van der Waals surface area contributed by atoms with Gasteiger partial charge in [0.25, 0.3) is 0 Å². The van der Waals surface area contributed by atoms with Crippen LogP contribution in [0.25, 0.3) is 0 Å². The number of carbonyl (C=O) groups is 1. The molecule has 0 aromatic heterocycles. The molecule has 4 nitrogen and oxygen atoms in total. The Morgan fingerprint density at radius 1 is 1.11 bits per heavy atom. The molecule has 2 heterocycles. The third kappa shape index (κ3) is 4.73. The van der Waals surface area contributed by atoms with Crippen LogP contribution < -0.4 is 0 Å². The Hall–Kier alpha value is -1.81. The highest BCUT2D eigenvalue weighted by atomic mass is 16.2. The van der Waals surface area contributed by atoms with Crippen molar-refractivity contribution in [3.05, 3.63) is 48.0 Å². The van der Waals surface area contributed by atoms with E-state index in [-0.39, 0.29) is 11.6 Å². The van der Waals surface area contributed by atoms with Crippen molar-refractivity contribution >= 4 is 6.03 Å². The highest BCUT2D eigenvalue weighted by molar-refractivity contribution is 5.76. The lowest BCUT2D eigenvalue weighted by molar-refractivity contribution is -0.00303. The van der Waals surface area contributed by atoms with Crippen molar-refractivity contribution in [1.29, 1.82) is 0 Å². The summed E-state index contributed by atoms with van der Waals surface area (Å²) in [5.41, 5.74) is 2.50. The first-order valence-corrected chi connectivity index (χ1v) is 10.5. The van der Waals surface area contributed by atoms with Gasteiger partial charge in [-0.25, -0.2) is 4.79 Å². The van der Waals surface area contributed by atoms with Crippen LogP contribution in [0.15, 0.2) is 42.5 Å². The molecule has 0 N–H and O–H groups in total. The van der Waals surface area contributed by atoms with E-state index in [4.69, 9.17) is 0 Å². The lowest BCUT2D eigenvalue weighted by Gasteiger charge is -2.54. The van der Waals surface area contributed by atoms with Crippen LogP contribution in [-0.2, 0) is 6.54 Å². The van der Waals surface area contributed by atoms with Gasteiger partial charge in [-0.1, -0.05) is 55.8 Å². The fourth-order valence-electron chi connectivity index (χ4n) is 4.56. The monoisotopic (exact) mass is 369 g/mol. The van der Waals surface area contributed by atoms with Crippen molar-refractivity contribution in [2.45, 2.75) is 58.0 Å². The van der Waals surface area contributed by atoms with Gasteiger partial charge in [0.2, 0.25) is 0 Å². The average Bonchev–Trinajstić information content (AvgIpc) is 2.67. The molecule has 1 spiro atoms. The topological polar surface area (TPSA) is 26.8 Å². The van der Waals surface area contributed by atoms with Crippen molar-refractivity contribution in [3.8, 4) is 0 Å². The van der Waals surface area contributed by atoms with E-state index >= 15 is 0 Å². The molecule has 0 aliphatic carbocycles. The molecule has 2 fully saturated rings. The Kier molecular flexibility index (Phi) is 6.59. The van der Waals surface area contributed by atoms with E-state index in [9.17, 15) is 4.79 Å². The molecule has 3 rings (SSSR count). The lowest BCUT2D eigenvalue weighted by Crippen LogP contribution is -2.65. The third-order valence-electron chi connectivity index (χ3n) is 6.15. The molecule has 0 saturated carbocycles. The maximum absolute atomic E-state index is 13.2.